The smallest absolute Gasteiger partial charge is 0.350 e. The van der Waals surface area contributed by atoms with E-state index in [1.54, 1.807) is 26.0 Å². The fourth-order valence-corrected chi connectivity index (χ4v) is 3.82. The predicted octanol–water partition coefficient (Wildman–Crippen LogP) is 4.91. The minimum absolute atomic E-state index is 0.0204. The predicted molar refractivity (Wildman–Crippen MR) is 139 cm³/mol. The van der Waals surface area contributed by atoms with Crippen molar-refractivity contribution in [3.05, 3.63) is 69.7 Å². The molecule has 0 radical (unpaired) electrons. The topological polar surface area (TPSA) is 96.6 Å². The number of nitrogens with one attached hydrogen (secondary N) is 1. The highest BCUT2D eigenvalue weighted by Crippen LogP contribution is 2.28. The summed E-state index contributed by atoms with van der Waals surface area (Å²) in [5.74, 6) is -0.858. The number of hydrogen-bond donors (Lipinski definition) is 1. The van der Waals surface area contributed by atoms with E-state index in [-0.39, 0.29) is 17.0 Å². The van der Waals surface area contributed by atoms with Crippen molar-refractivity contribution >= 4 is 11.6 Å². The zero-order chi connectivity index (χ0) is 27.1. The number of anilines is 1. The molecule has 0 fully saturated rings. The summed E-state index contributed by atoms with van der Waals surface area (Å²) in [5, 5.41) is 7.14. The Balaban J connectivity index is 2.01. The number of aryl methyl sites for hydroxylation is 1. The second-order valence-electron chi connectivity index (χ2n) is 8.68. The van der Waals surface area contributed by atoms with Crippen LogP contribution in [0.25, 0.3) is 5.69 Å². The van der Waals surface area contributed by atoms with Crippen molar-refractivity contribution in [2.24, 2.45) is 7.05 Å². The Morgan fingerprint density at radius 2 is 1.92 bits per heavy atom. The van der Waals surface area contributed by atoms with Crippen LogP contribution in [-0.4, -0.2) is 39.8 Å². The number of carbonyl (C=O) groups excluding carboxylic acids is 1. The first kappa shape index (κ1) is 28.1. The van der Waals surface area contributed by atoms with Crippen LogP contribution in [0, 0.1) is 12.7 Å². The third-order valence-corrected chi connectivity index (χ3v) is 5.85. The van der Waals surface area contributed by atoms with Crippen molar-refractivity contribution in [3.8, 4) is 11.4 Å². The molecule has 1 N–H and O–H groups in total. The molecule has 37 heavy (non-hydrogen) atoms. The summed E-state index contributed by atoms with van der Waals surface area (Å²) in [6.45, 7) is 10.00. The number of ether oxygens (including phenoxy) is 3. The lowest BCUT2D eigenvalue weighted by atomic mass is 10.1. The van der Waals surface area contributed by atoms with Crippen molar-refractivity contribution in [1.29, 1.82) is 0 Å². The molecule has 0 bridgehead atoms. The minimum Gasteiger partial charge on any atom is -0.493 e. The zero-order valence-corrected chi connectivity index (χ0v) is 22.2. The third kappa shape index (κ3) is 6.64. The molecule has 2 aromatic carbocycles. The summed E-state index contributed by atoms with van der Waals surface area (Å²) in [6, 6.07) is 9.70. The van der Waals surface area contributed by atoms with Gasteiger partial charge in [-0.1, -0.05) is 31.5 Å². The standard InChI is InChI=1S/C27H35FN4O5/c1-7-9-14-36-24-16-23(21(28)15-20(24)26(33)29-22-13-11-10-12-17(22)3)32-27(34)31(6)25(30-32)18(4)37-19(5)35-8-2/h10-13,15-16,18-19H,7-9,14H2,1-6H3,(H,29,33). The van der Waals surface area contributed by atoms with Gasteiger partial charge in [-0.05, 0) is 51.8 Å². The molecule has 0 saturated carbocycles. The number of aromatic nitrogens is 3. The fourth-order valence-electron chi connectivity index (χ4n) is 3.82. The number of benzene rings is 2. The quantitative estimate of drug-likeness (QED) is 0.273. The van der Waals surface area contributed by atoms with E-state index in [0.717, 1.165) is 29.2 Å². The molecule has 2 unspecified atom stereocenters. The van der Waals surface area contributed by atoms with Crippen molar-refractivity contribution in [2.45, 2.75) is 59.9 Å². The van der Waals surface area contributed by atoms with Crippen molar-refractivity contribution in [2.75, 3.05) is 18.5 Å². The highest BCUT2D eigenvalue weighted by atomic mass is 19.1. The summed E-state index contributed by atoms with van der Waals surface area (Å²) in [5.41, 5.74) is 0.800. The molecule has 0 aliphatic carbocycles. The molecule has 10 heteroatoms. The van der Waals surface area contributed by atoms with Crippen molar-refractivity contribution in [1.82, 2.24) is 14.3 Å². The minimum atomic E-state index is -0.791. The van der Waals surface area contributed by atoms with Crippen molar-refractivity contribution in [3.63, 3.8) is 0 Å². The normalized spacial score (nSPS) is 12.8. The van der Waals surface area contributed by atoms with Crippen LogP contribution in [0.3, 0.4) is 0 Å². The van der Waals surface area contributed by atoms with E-state index in [1.165, 1.54) is 17.7 Å². The Hall–Kier alpha value is -3.50. The lowest BCUT2D eigenvalue weighted by Gasteiger charge is -2.17. The number of carbonyl (C=O) groups is 1. The van der Waals surface area contributed by atoms with Crippen LogP contribution in [0.2, 0.25) is 0 Å². The molecule has 3 rings (SSSR count). The first-order valence-electron chi connectivity index (χ1n) is 12.4. The third-order valence-electron chi connectivity index (χ3n) is 5.85. The van der Waals surface area contributed by atoms with Crippen LogP contribution < -0.4 is 15.7 Å². The number of unbranched alkanes of at least 4 members (excludes halogenated alkanes) is 1. The lowest BCUT2D eigenvalue weighted by Crippen LogP contribution is -2.24. The summed E-state index contributed by atoms with van der Waals surface area (Å²) < 4.78 is 34.7. The Bertz CT molecular complexity index is 1290. The molecule has 9 nitrogen and oxygen atoms in total. The monoisotopic (exact) mass is 514 g/mol. The Kier molecular flexibility index (Phi) is 9.60. The van der Waals surface area contributed by atoms with Gasteiger partial charge in [-0.2, -0.15) is 4.68 Å². The summed E-state index contributed by atoms with van der Waals surface area (Å²) in [6.07, 6.45) is 0.510. The van der Waals surface area contributed by atoms with Crippen LogP contribution >= 0.6 is 0 Å². The van der Waals surface area contributed by atoms with E-state index in [0.29, 0.717) is 24.7 Å². The maximum atomic E-state index is 15.4. The maximum absolute atomic E-state index is 15.4. The molecule has 2 atom stereocenters. The van der Waals surface area contributed by atoms with E-state index in [2.05, 4.69) is 10.4 Å². The van der Waals surface area contributed by atoms with Crippen LogP contribution in [0.4, 0.5) is 10.1 Å². The van der Waals surface area contributed by atoms with E-state index in [1.807, 2.05) is 32.9 Å². The summed E-state index contributed by atoms with van der Waals surface area (Å²) in [7, 11) is 1.53. The van der Waals surface area contributed by atoms with Gasteiger partial charge in [0, 0.05) is 25.4 Å². The highest BCUT2D eigenvalue weighted by Gasteiger charge is 2.24. The van der Waals surface area contributed by atoms with Gasteiger partial charge in [0.25, 0.3) is 5.91 Å². The number of rotatable bonds is 12. The van der Waals surface area contributed by atoms with Gasteiger partial charge in [-0.25, -0.2) is 9.18 Å². The van der Waals surface area contributed by atoms with Gasteiger partial charge < -0.3 is 19.5 Å². The van der Waals surface area contributed by atoms with E-state index < -0.39 is 29.8 Å². The second kappa shape index (κ2) is 12.6. The van der Waals surface area contributed by atoms with Crippen LogP contribution in [0.5, 0.6) is 5.75 Å². The lowest BCUT2D eigenvalue weighted by molar-refractivity contribution is -0.156. The molecular weight excluding hydrogens is 479 g/mol. The van der Waals surface area contributed by atoms with E-state index in [4.69, 9.17) is 14.2 Å². The molecule has 200 valence electrons. The molecule has 0 aliphatic rings. The first-order valence-corrected chi connectivity index (χ1v) is 12.4. The van der Waals surface area contributed by atoms with Gasteiger partial charge in [-0.15, -0.1) is 5.10 Å². The van der Waals surface area contributed by atoms with E-state index in [9.17, 15) is 9.59 Å². The Labute approximate surface area is 216 Å². The Morgan fingerprint density at radius 3 is 2.59 bits per heavy atom. The molecule has 1 heterocycles. The first-order chi connectivity index (χ1) is 17.7. The van der Waals surface area contributed by atoms with Crippen LogP contribution in [0.15, 0.2) is 41.2 Å². The maximum Gasteiger partial charge on any atom is 0.350 e. The summed E-state index contributed by atoms with van der Waals surface area (Å²) in [4.78, 5) is 26.1. The van der Waals surface area contributed by atoms with Gasteiger partial charge in [0.1, 0.15) is 23.4 Å². The number of hydrogen-bond acceptors (Lipinski definition) is 6. The number of halogens is 1. The molecule has 0 spiro atoms. The molecular formula is C27H35FN4O5. The Morgan fingerprint density at radius 1 is 1.19 bits per heavy atom. The van der Waals surface area contributed by atoms with Crippen LogP contribution in [-0.2, 0) is 16.5 Å². The highest BCUT2D eigenvalue weighted by molar-refractivity contribution is 6.06. The second-order valence-corrected chi connectivity index (χ2v) is 8.68. The SMILES string of the molecule is CCCCOc1cc(-n2nc(C(C)OC(C)OCC)n(C)c2=O)c(F)cc1C(=O)Nc1ccccc1C. The molecule has 1 aromatic heterocycles. The van der Waals surface area contributed by atoms with Gasteiger partial charge in [0.05, 0.1) is 12.2 Å². The number of para-hydroxylation sites is 1. The molecule has 1 amide bonds. The van der Waals surface area contributed by atoms with E-state index >= 15 is 4.39 Å². The van der Waals surface area contributed by atoms with Gasteiger partial charge in [0.15, 0.2) is 12.1 Å². The average molecular weight is 515 g/mol. The van der Waals surface area contributed by atoms with Gasteiger partial charge >= 0.3 is 5.69 Å². The number of nitrogens with zero attached hydrogens (tertiary/aromatic N) is 3. The molecule has 0 saturated heterocycles. The van der Waals surface area contributed by atoms with Gasteiger partial charge in [0.2, 0.25) is 0 Å². The van der Waals surface area contributed by atoms with Crippen molar-refractivity contribution < 1.29 is 23.4 Å². The molecule has 3 aromatic rings. The largest absolute Gasteiger partial charge is 0.493 e. The average Bonchev–Trinajstić information content (AvgIpc) is 3.15. The zero-order valence-electron chi connectivity index (χ0n) is 22.2. The fraction of sp³-hybridized carbons (Fsp3) is 0.444. The number of amides is 1. The summed E-state index contributed by atoms with van der Waals surface area (Å²) >= 11 is 0. The van der Waals surface area contributed by atoms with Crippen LogP contribution in [0.1, 0.15) is 68.4 Å². The van der Waals surface area contributed by atoms with Gasteiger partial charge in [-0.3, -0.25) is 9.36 Å². The molecule has 0 aliphatic heterocycles.